The largest absolute Gasteiger partial charge is 0.481 e. The quantitative estimate of drug-likeness (QED) is 0.119. The molecule has 1 rings (SSSR count). The van der Waals surface area contributed by atoms with E-state index in [2.05, 4.69) is 5.32 Å². The van der Waals surface area contributed by atoms with Crippen LogP contribution in [0.3, 0.4) is 0 Å². The van der Waals surface area contributed by atoms with Crippen LogP contribution in [-0.4, -0.2) is 90.5 Å². The third kappa shape index (κ3) is 15.2. The van der Waals surface area contributed by atoms with Gasteiger partial charge in [-0.1, -0.05) is 28.0 Å². The summed E-state index contributed by atoms with van der Waals surface area (Å²) in [5.74, 6) is -1.07. The van der Waals surface area contributed by atoms with Crippen LogP contribution < -0.4 is 5.32 Å². The van der Waals surface area contributed by atoms with Gasteiger partial charge in [0.25, 0.3) is 0 Å². The van der Waals surface area contributed by atoms with Gasteiger partial charge < -0.3 is 34.5 Å². The highest BCUT2D eigenvalue weighted by Crippen LogP contribution is 2.39. The Morgan fingerprint density at radius 1 is 0.939 bits per heavy atom. The number of hydrogen-bond acceptors (Lipinski definition) is 9. The van der Waals surface area contributed by atoms with Crippen LogP contribution in [0.5, 0.6) is 0 Å². The molecule has 1 saturated heterocycles. The van der Waals surface area contributed by atoms with Crippen molar-refractivity contribution in [2.45, 2.75) is 62.2 Å². The second-order valence-electron chi connectivity index (χ2n) is 7.80. The Hall–Kier alpha value is -1.34. The van der Waals surface area contributed by atoms with Crippen molar-refractivity contribution in [1.29, 1.82) is 0 Å². The van der Waals surface area contributed by atoms with Crippen molar-refractivity contribution in [1.82, 2.24) is 5.32 Å². The van der Waals surface area contributed by atoms with E-state index in [1.807, 2.05) is 21.6 Å². The van der Waals surface area contributed by atoms with Crippen LogP contribution >= 0.6 is 21.6 Å². The summed E-state index contributed by atoms with van der Waals surface area (Å²) in [6.07, 6.45) is 4.75. The lowest BCUT2D eigenvalue weighted by Crippen LogP contribution is -2.58. The van der Waals surface area contributed by atoms with Crippen molar-refractivity contribution in [3.63, 3.8) is 0 Å². The zero-order chi connectivity index (χ0) is 24.4. The highest BCUT2D eigenvalue weighted by molar-refractivity contribution is 8.77. The number of carboxylic acid groups (broad SMARTS) is 2. The maximum absolute atomic E-state index is 12.7. The standard InChI is InChI=1S/C21H35NO9S2/c23-9-3-10-29-14-21(15-30-11-6-19(25)26,16-31-12-7-20(27)28)22-18(24)5-2-1-4-17-8-13-32-33-17/h9,17H,1-8,10-16H2,(H,22,24)(H,25,26)(H,27,28). The molecule has 0 spiro atoms. The lowest BCUT2D eigenvalue weighted by atomic mass is 10.0. The van der Waals surface area contributed by atoms with Crippen LogP contribution in [0.4, 0.5) is 0 Å². The molecule has 0 aliphatic carbocycles. The average molecular weight is 510 g/mol. The Kier molecular flexibility index (Phi) is 16.2. The van der Waals surface area contributed by atoms with Crippen molar-refractivity contribution < 1.29 is 43.6 Å². The van der Waals surface area contributed by atoms with Gasteiger partial charge in [0.2, 0.25) is 5.91 Å². The van der Waals surface area contributed by atoms with Gasteiger partial charge in [-0.15, -0.1) is 0 Å². The molecule has 1 aliphatic rings. The third-order valence-corrected chi connectivity index (χ3v) is 7.75. The summed E-state index contributed by atoms with van der Waals surface area (Å²) in [6, 6.07) is 0. The smallest absolute Gasteiger partial charge is 0.305 e. The summed E-state index contributed by atoms with van der Waals surface area (Å²) in [5, 5.41) is 21.2. The molecule has 1 atom stereocenters. The van der Waals surface area contributed by atoms with Crippen LogP contribution in [0, 0.1) is 0 Å². The zero-order valence-electron chi connectivity index (χ0n) is 18.8. The van der Waals surface area contributed by atoms with Gasteiger partial charge in [0, 0.05) is 23.8 Å². The molecule has 3 N–H and O–H groups in total. The first-order valence-electron chi connectivity index (χ1n) is 11.1. The fourth-order valence-corrected chi connectivity index (χ4v) is 6.09. The zero-order valence-corrected chi connectivity index (χ0v) is 20.5. The van der Waals surface area contributed by atoms with Gasteiger partial charge >= 0.3 is 11.9 Å². The summed E-state index contributed by atoms with van der Waals surface area (Å²) >= 11 is 0. The van der Waals surface area contributed by atoms with E-state index < -0.39 is 17.5 Å². The third-order valence-electron chi connectivity index (χ3n) is 4.75. The Morgan fingerprint density at radius 3 is 2.06 bits per heavy atom. The number of unbranched alkanes of at least 4 members (excludes halogenated alkanes) is 1. The van der Waals surface area contributed by atoms with Gasteiger partial charge in [0.05, 0.1) is 52.5 Å². The Morgan fingerprint density at radius 2 is 1.55 bits per heavy atom. The predicted octanol–water partition coefficient (Wildman–Crippen LogP) is 2.14. The first kappa shape index (κ1) is 29.7. The molecule has 0 aromatic heterocycles. The maximum Gasteiger partial charge on any atom is 0.305 e. The molecule has 1 aliphatic heterocycles. The molecule has 0 radical (unpaired) electrons. The van der Waals surface area contributed by atoms with Crippen molar-refractivity contribution in [2.75, 3.05) is 45.4 Å². The Labute approximate surface area is 202 Å². The number of ether oxygens (including phenoxy) is 3. The van der Waals surface area contributed by atoms with Gasteiger partial charge in [-0.3, -0.25) is 14.4 Å². The van der Waals surface area contributed by atoms with Crippen LogP contribution in [0.25, 0.3) is 0 Å². The number of aliphatic carboxylic acids is 2. The number of carboxylic acids is 2. The molecule has 1 amide bonds. The number of nitrogens with one attached hydrogen (secondary N) is 1. The lowest BCUT2D eigenvalue weighted by Gasteiger charge is -2.34. The first-order chi connectivity index (χ1) is 15.9. The first-order valence-corrected chi connectivity index (χ1v) is 13.4. The lowest BCUT2D eigenvalue weighted by molar-refractivity contribution is -0.139. The number of carbonyl (C=O) groups is 4. The number of hydrogen-bond donors (Lipinski definition) is 3. The van der Waals surface area contributed by atoms with E-state index in [0.717, 1.165) is 19.3 Å². The van der Waals surface area contributed by atoms with Gasteiger partial charge in [-0.25, -0.2) is 0 Å². The van der Waals surface area contributed by atoms with Crippen LogP contribution in [-0.2, 0) is 33.4 Å². The predicted molar refractivity (Wildman–Crippen MR) is 125 cm³/mol. The summed E-state index contributed by atoms with van der Waals surface area (Å²) in [6.45, 7) is -0.154. The fourth-order valence-electron chi connectivity index (χ4n) is 3.07. The highest BCUT2D eigenvalue weighted by Gasteiger charge is 2.33. The number of carbonyl (C=O) groups excluding carboxylic acids is 2. The van der Waals surface area contributed by atoms with Crippen molar-refractivity contribution in [2.24, 2.45) is 0 Å². The molecular formula is C21H35NO9S2. The maximum atomic E-state index is 12.7. The number of aldehydes is 1. The van der Waals surface area contributed by atoms with Crippen molar-refractivity contribution >= 4 is 45.7 Å². The van der Waals surface area contributed by atoms with E-state index in [1.165, 1.54) is 12.2 Å². The normalized spacial score (nSPS) is 15.9. The molecule has 190 valence electrons. The second kappa shape index (κ2) is 18.0. The van der Waals surface area contributed by atoms with E-state index in [1.54, 1.807) is 0 Å². The van der Waals surface area contributed by atoms with E-state index >= 15 is 0 Å². The van der Waals surface area contributed by atoms with Gasteiger partial charge in [0.15, 0.2) is 0 Å². The monoisotopic (exact) mass is 509 g/mol. The van der Waals surface area contributed by atoms with Crippen molar-refractivity contribution in [3.8, 4) is 0 Å². The van der Waals surface area contributed by atoms with Crippen LogP contribution in [0.1, 0.15) is 51.4 Å². The summed E-state index contributed by atoms with van der Waals surface area (Å²) in [4.78, 5) is 44.8. The summed E-state index contributed by atoms with van der Waals surface area (Å²) in [7, 11) is 3.80. The summed E-state index contributed by atoms with van der Waals surface area (Å²) in [5.41, 5.74) is -1.13. The Bertz CT molecular complexity index is 578. The van der Waals surface area contributed by atoms with Crippen molar-refractivity contribution in [3.05, 3.63) is 0 Å². The Balaban J connectivity index is 2.66. The molecule has 10 nitrogen and oxygen atoms in total. The average Bonchev–Trinajstić information content (AvgIpc) is 3.28. The SMILES string of the molecule is O=CCCOCC(COCCC(=O)O)(COCCC(=O)O)NC(=O)CCCCC1CCSS1. The van der Waals surface area contributed by atoms with Crippen LogP contribution in [0.2, 0.25) is 0 Å². The molecular weight excluding hydrogens is 474 g/mol. The minimum atomic E-state index is -1.13. The molecule has 1 fully saturated rings. The molecule has 0 bridgehead atoms. The highest BCUT2D eigenvalue weighted by atomic mass is 33.1. The minimum absolute atomic E-state index is 0.0251. The van der Waals surface area contributed by atoms with Gasteiger partial charge in [-0.2, -0.15) is 0 Å². The van der Waals surface area contributed by atoms with Crippen LogP contribution in [0.15, 0.2) is 0 Å². The molecule has 1 unspecified atom stereocenters. The minimum Gasteiger partial charge on any atom is -0.481 e. The van der Waals surface area contributed by atoms with E-state index in [-0.39, 0.29) is 64.8 Å². The van der Waals surface area contributed by atoms with E-state index in [0.29, 0.717) is 18.0 Å². The topological polar surface area (TPSA) is 148 Å². The fraction of sp³-hybridized carbons (Fsp3) is 0.810. The van der Waals surface area contributed by atoms with Gasteiger partial charge in [0.1, 0.15) is 11.8 Å². The number of rotatable bonds is 21. The van der Waals surface area contributed by atoms with E-state index in [4.69, 9.17) is 24.4 Å². The number of amides is 1. The molecule has 33 heavy (non-hydrogen) atoms. The molecule has 0 aromatic carbocycles. The molecule has 1 heterocycles. The second-order valence-corrected chi connectivity index (χ2v) is 10.6. The summed E-state index contributed by atoms with van der Waals surface area (Å²) < 4.78 is 16.5. The van der Waals surface area contributed by atoms with Gasteiger partial charge in [-0.05, 0) is 19.3 Å². The molecule has 0 aromatic rings. The van der Waals surface area contributed by atoms with E-state index in [9.17, 15) is 19.2 Å². The molecule has 12 heteroatoms. The molecule has 0 saturated carbocycles.